The summed E-state index contributed by atoms with van der Waals surface area (Å²) in [6.45, 7) is 13.8. The van der Waals surface area contributed by atoms with Gasteiger partial charge in [-0.25, -0.2) is 9.59 Å². The molecule has 0 fully saturated rings. The maximum absolute atomic E-state index is 13.1. The van der Waals surface area contributed by atoms with Crippen LogP contribution in [0, 0.1) is 23.7 Å². The predicted molar refractivity (Wildman–Crippen MR) is 166 cm³/mol. The lowest BCUT2D eigenvalue weighted by molar-refractivity contribution is 0.263. The van der Waals surface area contributed by atoms with Crippen molar-refractivity contribution >= 4 is 32.7 Å². The Morgan fingerprint density at radius 3 is 1.36 bits per heavy atom. The van der Waals surface area contributed by atoms with Crippen LogP contribution in [-0.2, 0) is 0 Å². The van der Waals surface area contributed by atoms with Gasteiger partial charge in [-0.1, -0.05) is 80.1 Å². The molecule has 2 aromatic heterocycles. The van der Waals surface area contributed by atoms with Gasteiger partial charge in [-0.3, -0.25) is 0 Å². The summed E-state index contributed by atoms with van der Waals surface area (Å²) in [4.78, 5) is 26.2. The summed E-state index contributed by atoms with van der Waals surface area (Å²) in [5.74, 6) is 1.57. The van der Waals surface area contributed by atoms with E-state index in [4.69, 9.17) is 18.3 Å². The molecular formula is C34H46O8. The van der Waals surface area contributed by atoms with Crippen molar-refractivity contribution in [1.82, 2.24) is 0 Å². The standard InChI is InChI=1S/C34H46O8/c1-19(2)9-7-11-21(5)13-15-39-29-25(35)17-23-27-28-24(33(37)41-31(27)29)18-26(36)30(32(28)42-34(23)38)40-16-14-22(6)12-8-10-20(3)4/h17-22,35-36H,7-16H2,1-6H3. The minimum Gasteiger partial charge on any atom is -0.504 e. The van der Waals surface area contributed by atoms with Crippen molar-refractivity contribution in [2.75, 3.05) is 13.2 Å². The van der Waals surface area contributed by atoms with E-state index in [0.29, 0.717) is 47.7 Å². The summed E-state index contributed by atoms with van der Waals surface area (Å²) in [5, 5.41) is 22.3. The van der Waals surface area contributed by atoms with Crippen molar-refractivity contribution in [3.05, 3.63) is 33.0 Å². The Kier molecular flexibility index (Phi) is 10.3. The van der Waals surface area contributed by atoms with E-state index >= 15 is 0 Å². The van der Waals surface area contributed by atoms with Crippen LogP contribution in [0.15, 0.2) is 30.6 Å². The van der Waals surface area contributed by atoms with Crippen LogP contribution < -0.4 is 20.7 Å². The lowest BCUT2D eigenvalue weighted by atomic mass is 9.97. The van der Waals surface area contributed by atoms with Crippen LogP contribution in [0.1, 0.15) is 92.9 Å². The van der Waals surface area contributed by atoms with Gasteiger partial charge in [0.1, 0.15) is 0 Å². The van der Waals surface area contributed by atoms with Crippen molar-refractivity contribution in [1.29, 1.82) is 0 Å². The molecule has 230 valence electrons. The van der Waals surface area contributed by atoms with Gasteiger partial charge < -0.3 is 28.5 Å². The second-order valence-electron chi connectivity index (χ2n) is 12.9. The van der Waals surface area contributed by atoms with Crippen molar-refractivity contribution < 1.29 is 28.5 Å². The Morgan fingerprint density at radius 1 is 0.619 bits per heavy atom. The average molecular weight is 583 g/mol. The largest absolute Gasteiger partial charge is 0.504 e. The predicted octanol–water partition coefficient (Wildman–Crippen LogP) is 8.36. The van der Waals surface area contributed by atoms with E-state index in [0.717, 1.165) is 38.5 Å². The highest BCUT2D eigenvalue weighted by Gasteiger charge is 2.27. The molecule has 2 aromatic carbocycles. The maximum Gasteiger partial charge on any atom is 0.344 e. The summed E-state index contributed by atoms with van der Waals surface area (Å²) in [6.07, 6.45) is 8.29. The summed E-state index contributed by atoms with van der Waals surface area (Å²) in [5.41, 5.74) is -1.55. The molecule has 0 bridgehead atoms. The second-order valence-corrected chi connectivity index (χ2v) is 12.9. The molecule has 0 radical (unpaired) electrons. The lowest BCUT2D eigenvalue weighted by Gasteiger charge is -2.17. The first-order chi connectivity index (χ1) is 20.0. The number of hydrogen-bond acceptors (Lipinski definition) is 8. The molecule has 4 rings (SSSR count). The van der Waals surface area contributed by atoms with Gasteiger partial charge in [0.15, 0.2) is 22.7 Å². The SMILES string of the molecule is CC(C)CCCC(C)CCOc1c(O)cc2c(=O)oc3c(OCCC(C)CCCC(C)C)c(O)cc4c(=O)oc1c2c34. The fourth-order valence-corrected chi connectivity index (χ4v) is 5.60. The van der Waals surface area contributed by atoms with Crippen LogP contribution in [0.2, 0.25) is 0 Å². The average Bonchev–Trinajstić information content (AvgIpc) is 2.90. The second kappa shape index (κ2) is 13.7. The zero-order chi connectivity index (χ0) is 30.6. The summed E-state index contributed by atoms with van der Waals surface area (Å²) in [7, 11) is 0. The van der Waals surface area contributed by atoms with Crippen LogP contribution in [0.5, 0.6) is 23.0 Å². The molecule has 2 atom stereocenters. The van der Waals surface area contributed by atoms with E-state index in [1.165, 1.54) is 25.0 Å². The van der Waals surface area contributed by atoms with Crippen LogP contribution in [0.25, 0.3) is 32.7 Å². The van der Waals surface area contributed by atoms with Gasteiger partial charge in [-0.05, 0) is 48.6 Å². The van der Waals surface area contributed by atoms with E-state index in [2.05, 4.69) is 41.5 Å². The summed E-state index contributed by atoms with van der Waals surface area (Å²) < 4.78 is 23.2. The minimum absolute atomic E-state index is 0.00791. The van der Waals surface area contributed by atoms with E-state index in [9.17, 15) is 19.8 Å². The fourth-order valence-electron chi connectivity index (χ4n) is 5.60. The number of rotatable bonds is 16. The third kappa shape index (κ3) is 7.13. The number of phenolic OH excluding ortho intramolecular Hbond substituents is 2. The normalized spacial score (nSPS) is 13.6. The third-order valence-electron chi connectivity index (χ3n) is 8.18. The molecule has 0 saturated heterocycles. The molecule has 2 N–H and O–H groups in total. The molecule has 8 nitrogen and oxygen atoms in total. The highest BCUT2D eigenvalue weighted by atomic mass is 16.5. The van der Waals surface area contributed by atoms with Gasteiger partial charge in [0.25, 0.3) is 0 Å². The molecule has 0 aliphatic heterocycles. The lowest BCUT2D eigenvalue weighted by Crippen LogP contribution is -2.10. The van der Waals surface area contributed by atoms with Crippen molar-refractivity contribution in [3.8, 4) is 23.0 Å². The fraction of sp³-hybridized carbons (Fsp3) is 0.588. The zero-order valence-electron chi connectivity index (χ0n) is 25.9. The number of benzene rings is 2. The van der Waals surface area contributed by atoms with Crippen LogP contribution in [0.4, 0.5) is 0 Å². The highest BCUT2D eigenvalue weighted by molar-refractivity contribution is 6.22. The van der Waals surface area contributed by atoms with E-state index < -0.39 is 11.3 Å². The molecule has 0 aliphatic carbocycles. The molecule has 0 spiro atoms. The molecule has 42 heavy (non-hydrogen) atoms. The molecule has 0 amide bonds. The molecule has 0 aliphatic rings. The van der Waals surface area contributed by atoms with Gasteiger partial charge in [0, 0.05) is 10.8 Å². The Balaban J connectivity index is 1.64. The van der Waals surface area contributed by atoms with Crippen LogP contribution in [-0.4, -0.2) is 23.4 Å². The minimum atomic E-state index is -0.749. The molecule has 4 aromatic rings. The number of ether oxygens (including phenoxy) is 2. The van der Waals surface area contributed by atoms with Gasteiger partial charge >= 0.3 is 11.3 Å². The first-order valence-corrected chi connectivity index (χ1v) is 15.5. The molecule has 0 saturated carbocycles. The van der Waals surface area contributed by atoms with Crippen molar-refractivity contribution in [3.63, 3.8) is 0 Å². The first kappa shape index (κ1) is 31.5. The van der Waals surface area contributed by atoms with Gasteiger partial charge in [-0.15, -0.1) is 0 Å². The smallest absolute Gasteiger partial charge is 0.344 e. The molecule has 8 heteroatoms. The first-order valence-electron chi connectivity index (χ1n) is 15.5. The third-order valence-corrected chi connectivity index (χ3v) is 8.18. The Bertz CT molecular complexity index is 1480. The number of aromatic hydroxyl groups is 2. The quantitative estimate of drug-likeness (QED) is 0.0999. The van der Waals surface area contributed by atoms with E-state index in [-0.39, 0.29) is 44.9 Å². The Morgan fingerprint density at radius 2 is 1.00 bits per heavy atom. The molecule has 2 heterocycles. The van der Waals surface area contributed by atoms with Crippen molar-refractivity contribution in [2.45, 2.75) is 92.9 Å². The summed E-state index contributed by atoms with van der Waals surface area (Å²) >= 11 is 0. The maximum atomic E-state index is 13.1. The number of hydrogen-bond donors (Lipinski definition) is 2. The molecular weight excluding hydrogens is 536 g/mol. The molecule has 2 unspecified atom stereocenters. The van der Waals surface area contributed by atoms with E-state index in [1.807, 2.05) is 0 Å². The van der Waals surface area contributed by atoms with E-state index in [1.54, 1.807) is 0 Å². The zero-order valence-corrected chi connectivity index (χ0v) is 25.9. The van der Waals surface area contributed by atoms with Crippen LogP contribution >= 0.6 is 0 Å². The van der Waals surface area contributed by atoms with Crippen LogP contribution in [0.3, 0.4) is 0 Å². The monoisotopic (exact) mass is 582 g/mol. The van der Waals surface area contributed by atoms with Crippen molar-refractivity contribution in [2.24, 2.45) is 23.7 Å². The summed E-state index contributed by atoms with van der Waals surface area (Å²) in [6, 6.07) is 2.56. The number of phenols is 2. The Labute approximate surface area is 247 Å². The van der Waals surface area contributed by atoms with Gasteiger partial charge in [0.05, 0.1) is 24.0 Å². The Hall–Kier alpha value is -3.42. The topological polar surface area (TPSA) is 119 Å². The highest BCUT2D eigenvalue weighted by Crippen LogP contribution is 2.45. The van der Waals surface area contributed by atoms with Gasteiger partial charge in [-0.2, -0.15) is 0 Å². The van der Waals surface area contributed by atoms with Gasteiger partial charge in [0.2, 0.25) is 11.5 Å².